The Bertz CT molecular complexity index is 739. The molecule has 0 aliphatic heterocycles. The first-order valence-corrected chi connectivity index (χ1v) is 7.38. The molecule has 0 radical (unpaired) electrons. The molecular formula is C16H21N3O3. The van der Waals surface area contributed by atoms with E-state index in [0.29, 0.717) is 5.65 Å². The molecule has 6 nitrogen and oxygen atoms in total. The van der Waals surface area contributed by atoms with Gasteiger partial charge in [-0.2, -0.15) is 0 Å². The molecule has 2 unspecified atom stereocenters. The number of nitrogens with one attached hydrogen (secondary N) is 1. The molecule has 118 valence electrons. The zero-order valence-corrected chi connectivity index (χ0v) is 13.0. The third-order valence-electron chi connectivity index (χ3n) is 3.88. The largest absolute Gasteiger partial charge is 0.391 e. The monoisotopic (exact) mass is 303 g/mol. The highest BCUT2D eigenvalue weighted by molar-refractivity contribution is 5.93. The standard InChI is InChI=1S/C16H21N3O3/c1-4-11(3)13(20)9-18-15(21)12-8-17-14-7-10(2)5-6-19(14)16(12)22/h5-8,11,13,20H,4,9H2,1-3H3,(H,18,21). The van der Waals surface area contributed by atoms with Crippen LogP contribution in [-0.2, 0) is 0 Å². The summed E-state index contributed by atoms with van der Waals surface area (Å²) < 4.78 is 1.34. The van der Waals surface area contributed by atoms with Gasteiger partial charge in [0.2, 0.25) is 0 Å². The maximum atomic E-state index is 12.3. The van der Waals surface area contributed by atoms with E-state index in [4.69, 9.17) is 0 Å². The van der Waals surface area contributed by atoms with Gasteiger partial charge in [-0.05, 0) is 30.5 Å². The summed E-state index contributed by atoms with van der Waals surface area (Å²) in [7, 11) is 0. The molecule has 2 N–H and O–H groups in total. The summed E-state index contributed by atoms with van der Waals surface area (Å²) in [6.45, 7) is 5.90. The number of fused-ring (bicyclic) bond motifs is 1. The molecule has 0 bridgehead atoms. The Morgan fingerprint density at radius 3 is 2.91 bits per heavy atom. The molecule has 2 rings (SSSR count). The Balaban J connectivity index is 2.20. The number of aliphatic hydroxyl groups excluding tert-OH is 1. The molecule has 0 aromatic carbocycles. The molecule has 0 saturated heterocycles. The third kappa shape index (κ3) is 3.33. The lowest BCUT2D eigenvalue weighted by Crippen LogP contribution is -2.38. The van der Waals surface area contributed by atoms with Crippen LogP contribution in [0.15, 0.2) is 29.3 Å². The Morgan fingerprint density at radius 1 is 1.50 bits per heavy atom. The number of pyridine rings is 1. The van der Waals surface area contributed by atoms with Crippen LogP contribution in [0.3, 0.4) is 0 Å². The number of rotatable bonds is 5. The van der Waals surface area contributed by atoms with Crippen LogP contribution >= 0.6 is 0 Å². The van der Waals surface area contributed by atoms with E-state index in [1.54, 1.807) is 18.3 Å². The Hall–Kier alpha value is -2.21. The lowest BCUT2D eigenvalue weighted by atomic mass is 10.0. The van der Waals surface area contributed by atoms with Gasteiger partial charge in [0.25, 0.3) is 11.5 Å². The minimum Gasteiger partial charge on any atom is -0.391 e. The van der Waals surface area contributed by atoms with Crippen LogP contribution in [0.5, 0.6) is 0 Å². The quantitative estimate of drug-likeness (QED) is 0.867. The smallest absolute Gasteiger partial charge is 0.270 e. The number of aryl methyl sites for hydroxylation is 1. The number of aromatic nitrogens is 2. The van der Waals surface area contributed by atoms with Crippen molar-refractivity contribution < 1.29 is 9.90 Å². The summed E-state index contributed by atoms with van der Waals surface area (Å²) in [6.07, 6.45) is 3.07. The molecule has 6 heteroatoms. The van der Waals surface area contributed by atoms with E-state index in [0.717, 1.165) is 12.0 Å². The van der Waals surface area contributed by atoms with Crippen LogP contribution in [-0.4, -0.2) is 33.0 Å². The second-order valence-corrected chi connectivity index (χ2v) is 5.57. The zero-order chi connectivity index (χ0) is 16.3. The lowest BCUT2D eigenvalue weighted by molar-refractivity contribution is 0.0848. The van der Waals surface area contributed by atoms with E-state index in [2.05, 4.69) is 10.3 Å². The third-order valence-corrected chi connectivity index (χ3v) is 3.88. The van der Waals surface area contributed by atoms with Crippen molar-refractivity contribution in [3.63, 3.8) is 0 Å². The van der Waals surface area contributed by atoms with Gasteiger partial charge < -0.3 is 10.4 Å². The van der Waals surface area contributed by atoms with Crippen molar-refractivity contribution in [2.75, 3.05) is 6.54 Å². The van der Waals surface area contributed by atoms with Gasteiger partial charge in [-0.25, -0.2) is 4.98 Å². The first-order chi connectivity index (χ1) is 10.4. The minimum atomic E-state index is -0.632. The highest BCUT2D eigenvalue weighted by atomic mass is 16.3. The van der Waals surface area contributed by atoms with Gasteiger partial charge in [-0.3, -0.25) is 14.0 Å². The van der Waals surface area contributed by atoms with Gasteiger partial charge in [0.15, 0.2) is 0 Å². The van der Waals surface area contributed by atoms with Gasteiger partial charge in [0, 0.05) is 18.9 Å². The van der Waals surface area contributed by atoms with Crippen LogP contribution in [0.1, 0.15) is 36.2 Å². The summed E-state index contributed by atoms with van der Waals surface area (Å²) >= 11 is 0. The predicted molar refractivity (Wildman–Crippen MR) is 84.0 cm³/mol. The minimum absolute atomic E-state index is 0.0299. The van der Waals surface area contributed by atoms with Crippen molar-refractivity contribution in [1.29, 1.82) is 0 Å². The molecule has 2 heterocycles. The summed E-state index contributed by atoms with van der Waals surface area (Å²) in [4.78, 5) is 28.6. The van der Waals surface area contributed by atoms with Crippen molar-refractivity contribution in [2.45, 2.75) is 33.3 Å². The average Bonchev–Trinajstić information content (AvgIpc) is 2.51. The van der Waals surface area contributed by atoms with Crippen molar-refractivity contribution in [1.82, 2.24) is 14.7 Å². The Morgan fingerprint density at radius 2 is 2.23 bits per heavy atom. The van der Waals surface area contributed by atoms with Gasteiger partial charge in [0.1, 0.15) is 11.2 Å². The first kappa shape index (κ1) is 16.2. The molecule has 0 spiro atoms. The molecule has 2 aromatic heterocycles. The molecule has 0 aliphatic carbocycles. The summed E-state index contributed by atoms with van der Waals surface area (Å²) in [5.74, 6) is -0.436. The lowest BCUT2D eigenvalue weighted by Gasteiger charge is -2.17. The van der Waals surface area contributed by atoms with Crippen molar-refractivity contribution in [3.8, 4) is 0 Å². The first-order valence-electron chi connectivity index (χ1n) is 7.38. The molecule has 0 fully saturated rings. The van der Waals surface area contributed by atoms with Gasteiger partial charge in [-0.15, -0.1) is 0 Å². The van der Waals surface area contributed by atoms with Crippen LogP contribution in [0.2, 0.25) is 0 Å². The van der Waals surface area contributed by atoms with E-state index in [1.165, 1.54) is 10.6 Å². The highest BCUT2D eigenvalue weighted by Crippen LogP contribution is 2.06. The summed E-state index contributed by atoms with van der Waals surface area (Å²) in [6, 6.07) is 3.56. The van der Waals surface area contributed by atoms with Gasteiger partial charge in [0.05, 0.1) is 6.10 Å². The number of aliphatic hydroxyl groups is 1. The van der Waals surface area contributed by atoms with Crippen LogP contribution in [0.25, 0.3) is 5.65 Å². The fourth-order valence-electron chi connectivity index (χ4n) is 2.10. The number of amides is 1. The molecule has 0 aliphatic rings. The fourth-order valence-corrected chi connectivity index (χ4v) is 2.10. The van der Waals surface area contributed by atoms with Crippen molar-refractivity contribution >= 4 is 11.6 Å². The van der Waals surface area contributed by atoms with Crippen LogP contribution in [0.4, 0.5) is 0 Å². The fraction of sp³-hybridized carbons (Fsp3) is 0.438. The van der Waals surface area contributed by atoms with Crippen LogP contribution < -0.4 is 10.9 Å². The Kier molecular flexibility index (Phi) is 4.92. The van der Waals surface area contributed by atoms with E-state index in [9.17, 15) is 14.7 Å². The maximum absolute atomic E-state index is 12.3. The van der Waals surface area contributed by atoms with E-state index >= 15 is 0 Å². The maximum Gasteiger partial charge on any atom is 0.270 e. The number of hydrogen-bond donors (Lipinski definition) is 2. The molecule has 0 saturated carbocycles. The average molecular weight is 303 g/mol. The molecule has 2 atom stereocenters. The molecular weight excluding hydrogens is 282 g/mol. The number of carbonyl (C=O) groups excluding carboxylic acids is 1. The highest BCUT2D eigenvalue weighted by Gasteiger charge is 2.17. The molecule has 1 amide bonds. The normalized spacial score (nSPS) is 13.8. The summed E-state index contributed by atoms with van der Waals surface area (Å²) in [5, 5.41) is 12.5. The molecule has 2 aromatic rings. The summed E-state index contributed by atoms with van der Waals surface area (Å²) in [5.41, 5.74) is 1.04. The SMILES string of the molecule is CCC(C)C(O)CNC(=O)c1cnc2cc(C)ccn2c1=O. The van der Waals surface area contributed by atoms with E-state index in [1.807, 2.05) is 20.8 Å². The predicted octanol–water partition coefficient (Wildman–Crippen LogP) is 1.14. The Labute approximate surface area is 128 Å². The second kappa shape index (κ2) is 6.70. The second-order valence-electron chi connectivity index (χ2n) is 5.57. The van der Waals surface area contributed by atoms with Gasteiger partial charge >= 0.3 is 0 Å². The number of nitrogens with zero attached hydrogens (tertiary/aromatic N) is 2. The van der Waals surface area contributed by atoms with Crippen LogP contribution in [0, 0.1) is 12.8 Å². The zero-order valence-electron chi connectivity index (χ0n) is 13.0. The van der Waals surface area contributed by atoms with E-state index in [-0.39, 0.29) is 18.0 Å². The number of hydrogen-bond acceptors (Lipinski definition) is 4. The van der Waals surface area contributed by atoms with Gasteiger partial charge in [-0.1, -0.05) is 20.3 Å². The van der Waals surface area contributed by atoms with E-state index < -0.39 is 17.6 Å². The topological polar surface area (TPSA) is 83.7 Å². The number of carbonyl (C=O) groups is 1. The molecule has 22 heavy (non-hydrogen) atoms. The van der Waals surface area contributed by atoms with Crippen molar-refractivity contribution in [2.24, 2.45) is 5.92 Å². The van der Waals surface area contributed by atoms with Crippen molar-refractivity contribution in [3.05, 3.63) is 46.0 Å².